The number of alkyl halides is 2. The molecule has 5 heterocycles. The molecule has 1 aliphatic carbocycles. The van der Waals surface area contributed by atoms with Gasteiger partial charge in [-0.1, -0.05) is 30.4 Å². The van der Waals surface area contributed by atoms with Gasteiger partial charge in [0.05, 0.1) is 40.4 Å². The molecule has 2 aliphatic rings. The highest BCUT2D eigenvalue weighted by Crippen LogP contribution is 2.40. The summed E-state index contributed by atoms with van der Waals surface area (Å²) >= 11 is 0. The number of halogens is 3. The van der Waals surface area contributed by atoms with Crippen LogP contribution in [0.5, 0.6) is 0 Å². The first-order valence-corrected chi connectivity index (χ1v) is 16.2. The van der Waals surface area contributed by atoms with Crippen LogP contribution in [-0.2, 0) is 12.8 Å². The molecule has 2 bridgehead atoms. The van der Waals surface area contributed by atoms with E-state index in [4.69, 9.17) is 11.5 Å². The number of pyridine rings is 2. The van der Waals surface area contributed by atoms with Crippen LogP contribution in [0.4, 0.5) is 36.4 Å². The summed E-state index contributed by atoms with van der Waals surface area (Å²) in [7, 11) is 0. The monoisotopic (exact) mass is 668 g/mol. The van der Waals surface area contributed by atoms with Crippen LogP contribution in [0.3, 0.4) is 0 Å². The van der Waals surface area contributed by atoms with Crippen LogP contribution in [0, 0.1) is 18.7 Å². The van der Waals surface area contributed by atoms with Crippen LogP contribution in [0.1, 0.15) is 67.0 Å². The van der Waals surface area contributed by atoms with Gasteiger partial charge in [0.25, 0.3) is 6.43 Å². The Morgan fingerprint density at radius 2 is 1.73 bits per heavy atom. The van der Waals surface area contributed by atoms with Crippen molar-refractivity contribution < 1.29 is 13.2 Å². The molecule has 5 aromatic rings. The van der Waals surface area contributed by atoms with Gasteiger partial charge in [-0.3, -0.25) is 0 Å². The van der Waals surface area contributed by atoms with Crippen molar-refractivity contribution in [3.05, 3.63) is 96.1 Å². The fraction of sp³-hybridized carbons (Fsp3) is 0.333. The maximum absolute atomic E-state index is 14.7. The lowest BCUT2D eigenvalue weighted by atomic mass is 10.0. The summed E-state index contributed by atoms with van der Waals surface area (Å²) in [5.74, 6) is 3.34. The Bertz CT molecular complexity index is 2040. The predicted molar refractivity (Wildman–Crippen MR) is 188 cm³/mol. The van der Waals surface area contributed by atoms with Crippen molar-refractivity contribution in [1.29, 1.82) is 0 Å². The quantitative estimate of drug-likeness (QED) is 0.138. The minimum absolute atomic E-state index is 0.174. The molecule has 3 atom stereocenters. The number of rotatable bonds is 9. The Labute approximate surface area is 282 Å². The Morgan fingerprint density at radius 3 is 2.43 bits per heavy atom. The van der Waals surface area contributed by atoms with E-state index in [0.717, 1.165) is 40.7 Å². The zero-order valence-electron chi connectivity index (χ0n) is 27.5. The molecule has 10 nitrogen and oxygen atoms in total. The van der Waals surface area contributed by atoms with E-state index in [-0.39, 0.29) is 5.56 Å². The molecule has 49 heavy (non-hydrogen) atoms. The summed E-state index contributed by atoms with van der Waals surface area (Å²) in [5.41, 5.74) is 13.6. The predicted octanol–water partition coefficient (Wildman–Crippen LogP) is 7.22. The third kappa shape index (κ3) is 6.83. The van der Waals surface area contributed by atoms with Gasteiger partial charge in [0.15, 0.2) is 0 Å². The van der Waals surface area contributed by atoms with Crippen molar-refractivity contribution in [2.75, 3.05) is 28.2 Å². The first-order chi connectivity index (χ1) is 23.6. The molecule has 2 unspecified atom stereocenters. The van der Waals surface area contributed by atoms with Crippen LogP contribution >= 0.6 is 0 Å². The standard InChI is InChI=1S/C23H24F3N5.C13H15N5/c1-12(16-4-3-5-17(21(16)24)22(25)26)28-23-18-9-20(27-10-19(18)29-13(2)30-23)31-11-14-6-7-15(31)8-14;1-3-5-8-11-9(7-16-12(8)14)17-10(6-4-2)18-13(11)15/h3-5,9-10,12,14-15,22H,6-8,11H2,1-2H3,(H,28,29,30);3-4,7H,1-2,5-6H2,(H2,14,16)(H2,15,17,18)/t12-,14?,15?;/m1./s1. The molecule has 13 heteroatoms. The lowest BCUT2D eigenvalue weighted by molar-refractivity contribution is 0.146. The first-order valence-electron chi connectivity index (χ1n) is 16.2. The van der Waals surface area contributed by atoms with Gasteiger partial charge in [-0.15, -0.1) is 13.2 Å². The van der Waals surface area contributed by atoms with Gasteiger partial charge in [0.2, 0.25) is 0 Å². The Balaban J connectivity index is 0.000000197. The molecule has 4 aromatic heterocycles. The second kappa shape index (κ2) is 14.0. The number of hydrogen-bond acceptors (Lipinski definition) is 10. The number of benzene rings is 1. The van der Waals surface area contributed by atoms with Crippen molar-refractivity contribution in [2.24, 2.45) is 5.92 Å². The van der Waals surface area contributed by atoms with Gasteiger partial charge in [-0.05, 0) is 51.5 Å². The maximum Gasteiger partial charge on any atom is 0.266 e. The zero-order chi connectivity index (χ0) is 34.8. The Morgan fingerprint density at radius 1 is 0.980 bits per heavy atom. The number of aromatic nitrogens is 6. The third-order valence-corrected chi connectivity index (χ3v) is 9.12. The van der Waals surface area contributed by atoms with Gasteiger partial charge in [0, 0.05) is 35.5 Å². The lowest BCUT2D eigenvalue weighted by Gasteiger charge is -2.28. The van der Waals surface area contributed by atoms with E-state index in [1.165, 1.54) is 31.4 Å². The SMILES string of the molecule is C=CCc1nc(N)c2c(CC=C)c(N)ncc2n1.Cc1nc(N[C@H](C)c2cccc(C(F)F)c2F)c2cc(N3CC4CCC3C4)ncc2n1. The van der Waals surface area contributed by atoms with Crippen LogP contribution in [0.15, 0.2) is 62.0 Å². The normalized spacial score (nSPS) is 17.3. The van der Waals surface area contributed by atoms with Crippen molar-refractivity contribution in [2.45, 2.75) is 64.5 Å². The van der Waals surface area contributed by atoms with Crippen molar-refractivity contribution >= 4 is 45.1 Å². The molecular weight excluding hydrogens is 629 g/mol. The summed E-state index contributed by atoms with van der Waals surface area (Å²) in [6.07, 6.45) is 8.83. The smallest absolute Gasteiger partial charge is 0.266 e. The van der Waals surface area contributed by atoms with Crippen molar-refractivity contribution in [1.82, 2.24) is 29.9 Å². The number of allylic oxidation sites excluding steroid dienone is 2. The van der Waals surface area contributed by atoms with Crippen LogP contribution in [-0.4, -0.2) is 42.5 Å². The van der Waals surface area contributed by atoms with Gasteiger partial charge < -0.3 is 21.7 Å². The maximum atomic E-state index is 14.7. The van der Waals surface area contributed by atoms with Gasteiger partial charge in [-0.25, -0.2) is 43.1 Å². The summed E-state index contributed by atoms with van der Waals surface area (Å²) in [4.78, 5) is 28.8. The fourth-order valence-corrected chi connectivity index (χ4v) is 6.82. The van der Waals surface area contributed by atoms with E-state index < -0.39 is 23.8 Å². The van der Waals surface area contributed by atoms with E-state index in [0.29, 0.717) is 59.0 Å². The van der Waals surface area contributed by atoms with Crippen LogP contribution in [0.2, 0.25) is 0 Å². The van der Waals surface area contributed by atoms with Gasteiger partial charge in [-0.2, -0.15) is 0 Å². The molecule has 0 radical (unpaired) electrons. The third-order valence-electron chi connectivity index (χ3n) is 9.12. The van der Waals surface area contributed by atoms with Crippen molar-refractivity contribution in [3.63, 3.8) is 0 Å². The fourth-order valence-electron chi connectivity index (χ4n) is 6.82. The van der Waals surface area contributed by atoms with E-state index in [1.54, 1.807) is 38.4 Å². The molecule has 1 saturated heterocycles. The molecule has 1 aromatic carbocycles. The van der Waals surface area contributed by atoms with E-state index >= 15 is 0 Å². The van der Waals surface area contributed by atoms with E-state index in [9.17, 15) is 13.2 Å². The second-order valence-electron chi connectivity index (χ2n) is 12.5. The lowest BCUT2D eigenvalue weighted by Crippen LogP contribution is -2.32. The first kappa shape index (κ1) is 33.6. The van der Waals surface area contributed by atoms with Gasteiger partial charge in [0.1, 0.15) is 40.7 Å². The van der Waals surface area contributed by atoms with Gasteiger partial charge >= 0.3 is 0 Å². The second-order valence-corrected chi connectivity index (χ2v) is 12.5. The summed E-state index contributed by atoms with van der Waals surface area (Å²) in [6, 6.07) is 6.03. The molecule has 7 rings (SSSR count). The summed E-state index contributed by atoms with van der Waals surface area (Å²) in [5, 5.41) is 4.77. The minimum atomic E-state index is -2.86. The highest BCUT2D eigenvalue weighted by molar-refractivity contribution is 5.93. The summed E-state index contributed by atoms with van der Waals surface area (Å²) in [6.45, 7) is 11.9. The molecule has 5 N–H and O–H groups in total. The summed E-state index contributed by atoms with van der Waals surface area (Å²) < 4.78 is 40.9. The molecule has 1 aliphatic heterocycles. The largest absolute Gasteiger partial charge is 0.383 e. The average molecular weight is 669 g/mol. The number of nitrogens with two attached hydrogens (primary N) is 2. The Kier molecular flexibility index (Phi) is 9.61. The number of anilines is 4. The molecular formula is C36H39F3N10. The molecule has 2 fully saturated rings. The number of nitrogens with one attached hydrogen (secondary N) is 1. The van der Waals surface area contributed by atoms with Crippen LogP contribution in [0.25, 0.3) is 21.8 Å². The molecule has 0 amide bonds. The highest BCUT2D eigenvalue weighted by Gasteiger charge is 2.38. The number of aryl methyl sites for hydroxylation is 1. The number of fused-ring (bicyclic) bond motifs is 4. The number of nitrogen functional groups attached to an aromatic ring is 2. The Hall–Kier alpha value is -5.33. The van der Waals surface area contributed by atoms with Crippen LogP contribution < -0.4 is 21.7 Å². The van der Waals surface area contributed by atoms with Crippen molar-refractivity contribution in [3.8, 4) is 0 Å². The number of nitrogens with zero attached hydrogens (tertiary/aromatic N) is 7. The van der Waals surface area contributed by atoms with E-state index in [1.807, 2.05) is 6.07 Å². The zero-order valence-corrected chi connectivity index (χ0v) is 27.5. The number of piperidine rings is 1. The van der Waals surface area contributed by atoms with E-state index in [2.05, 4.69) is 53.3 Å². The molecule has 254 valence electrons. The number of hydrogen-bond donors (Lipinski definition) is 3. The average Bonchev–Trinajstić information content (AvgIpc) is 3.71. The topological polar surface area (TPSA) is 145 Å². The molecule has 0 spiro atoms. The highest BCUT2D eigenvalue weighted by atomic mass is 19.3. The minimum Gasteiger partial charge on any atom is -0.383 e. The molecule has 1 saturated carbocycles.